The highest BCUT2D eigenvalue weighted by atomic mass is 16.3. The number of rotatable bonds is 4. The van der Waals surface area contributed by atoms with Gasteiger partial charge in [0, 0.05) is 42.5 Å². The van der Waals surface area contributed by atoms with Crippen molar-refractivity contribution in [2.45, 2.75) is 26.0 Å². The number of aryl methyl sites for hydroxylation is 1. The van der Waals surface area contributed by atoms with Crippen molar-refractivity contribution in [2.75, 3.05) is 13.1 Å². The Kier molecular flexibility index (Phi) is 4.04. The molecule has 5 nitrogen and oxygen atoms in total. The second-order valence-corrected chi connectivity index (χ2v) is 6.73. The number of aliphatic hydroxyl groups excluding tert-OH is 1. The van der Waals surface area contributed by atoms with Gasteiger partial charge in [-0.2, -0.15) is 0 Å². The number of aromatic amines is 1. The minimum atomic E-state index is -0.298. The molecule has 0 unspecified atom stereocenters. The third-order valence-electron chi connectivity index (χ3n) is 4.83. The van der Waals surface area contributed by atoms with Gasteiger partial charge in [-0.15, -0.1) is 0 Å². The van der Waals surface area contributed by atoms with Gasteiger partial charge in [0.05, 0.1) is 18.2 Å². The van der Waals surface area contributed by atoms with E-state index in [1.807, 2.05) is 37.5 Å². The minimum Gasteiger partial charge on any atom is -0.391 e. The van der Waals surface area contributed by atoms with Crippen molar-refractivity contribution in [2.24, 2.45) is 5.92 Å². The Balaban J connectivity index is 1.48. The average Bonchev–Trinajstić information content (AvgIpc) is 3.14. The number of hydrogen-bond acceptors (Lipinski definition) is 4. The highest BCUT2D eigenvalue weighted by Gasteiger charge is 2.31. The molecule has 3 heterocycles. The number of aromatic nitrogens is 3. The Morgan fingerprint density at radius 2 is 2.08 bits per heavy atom. The Morgan fingerprint density at radius 1 is 1.21 bits per heavy atom. The van der Waals surface area contributed by atoms with Crippen LogP contribution in [-0.4, -0.2) is 44.2 Å². The molecule has 1 aliphatic heterocycles. The van der Waals surface area contributed by atoms with Crippen LogP contribution in [0.25, 0.3) is 10.9 Å². The van der Waals surface area contributed by atoms with E-state index in [0.717, 1.165) is 36.5 Å². The first-order chi connectivity index (χ1) is 11.7. The molecule has 1 fully saturated rings. The summed E-state index contributed by atoms with van der Waals surface area (Å²) in [5.74, 6) is 1.21. The van der Waals surface area contributed by atoms with Crippen LogP contribution in [0.15, 0.2) is 42.7 Å². The van der Waals surface area contributed by atoms with Gasteiger partial charge in [0.1, 0.15) is 5.82 Å². The summed E-state index contributed by atoms with van der Waals surface area (Å²) < 4.78 is 0. The summed E-state index contributed by atoms with van der Waals surface area (Å²) in [5, 5.41) is 11.7. The monoisotopic (exact) mass is 322 g/mol. The molecular weight excluding hydrogens is 300 g/mol. The average molecular weight is 322 g/mol. The lowest BCUT2D eigenvalue weighted by Gasteiger charge is -2.15. The number of hydrogen-bond donors (Lipinski definition) is 2. The maximum atomic E-state index is 10.5. The van der Waals surface area contributed by atoms with Crippen LogP contribution in [0.5, 0.6) is 0 Å². The van der Waals surface area contributed by atoms with Crippen molar-refractivity contribution in [3.05, 3.63) is 59.8 Å². The van der Waals surface area contributed by atoms with Crippen molar-refractivity contribution in [3.63, 3.8) is 0 Å². The zero-order valence-corrected chi connectivity index (χ0v) is 13.8. The normalized spacial score (nSPS) is 21.6. The lowest BCUT2D eigenvalue weighted by molar-refractivity contribution is 0.141. The quantitative estimate of drug-likeness (QED) is 0.773. The number of nitrogens with one attached hydrogen (secondary N) is 1. The van der Waals surface area contributed by atoms with Crippen LogP contribution in [0.1, 0.15) is 17.1 Å². The Hall–Kier alpha value is -2.24. The van der Waals surface area contributed by atoms with E-state index in [0.29, 0.717) is 6.54 Å². The van der Waals surface area contributed by atoms with Gasteiger partial charge in [-0.05, 0) is 31.0 Å². The predicted molar refractivity (Wildman–Crippen MR) is 93.5 cm³/mol. The number of H-pyrrole nitrogens is 1. The van der Waals surface area contributed by atoms with Crippen molar-refractivity contribution >= 4 is 10.9 Å². The number of likely N-dealkylation sites (tertiary alicyclic amines) is 1. The van der Waals surface area contributed by atoms with Gasteiger partial charge in [-0.3, -0.25) is 9.88 Å². The molecule has 0 bridgehead atoms. The van der Waals surface area contributed by atoms with Crippen molar-refractivity contribution in [3.8, 4) is 0 Å². The second kappa shape index (κ2) is 6.34. The SMILES string of the molecule is Cc1cnc(CN2C[C@@H](Cc3ccnc4ccccc34)[C@H](O)C2)[nH]1. The van der Waals surface area contributed by atoms with E-state index in [4.69, 9.17) is 0 Å². The molecule has 4 rings (SSSR count). The highest BCUT2D eigenvalue weighted by molar-refractivity contribution is 5.81. The zero-order chi connectivity index (χ0) is 16.5. The van der Waals surface area contributed by atoms with Crippen LogP contribution in [-0.2, 0) is 13.0 Å². The summed E-state index contributed by atoms with van der Waals surface area (Å²) in [6, 6.07) is 10.3. The minimum absolute atomic E-state index is 0.242. The third kappa shape index (κ3) is 3.05. The fourth-order valence-electron chi connectivity index (χ4n) is 3.65. The largest absolute Gasteiger partial charge is 0.391 e. The molecule has 0 radical (unpaired) electrons. The van der Waals surface area contributed by atoms with E-state index in [-0.39, 0.29) is 12.0 Å². The van der Waals surface area contributed by atoms with Gasteiger partial charge in [0.15, 0.2) is 0 Å². The smallest absolute Gasteiger partial charge is 0.120 e. The number of benzene rings is 1. The summed E-state index contributed by atoms with van der Waals surface area (Å²) in [6.45, 7) is 4.36. The first-order valence-electron chi connectivity index (χ1n) is 8.42. The first kappa shape index (κ1) is 15.3. The molecule has 124 valence electrons. The Morgan fingerprint density at radius 3 is 2.92 bits per heavy atom. The molecule has 24 heavy (non-hydrogen) atoms. The number of imidazole rings is 1. The first-order valence-corrected chi connectivity index (χ1v) is 8.42. The highest BCUT2D eigenvalue weighted by Crippen LogP contribution is 2.26. The molecule has 0 aliphatic carbocycles. The van der Waals surface area contributed by atoms with Crippen molar-refractivity contribution in [1.29, 1.82) is 0 Å². The van der Waals surface area contributed by atoms with Gasteiger partial charge in [-0.25, -0.2) is 4.98 Å². The lowest BCUT2D eigenvalue weighted by atomic mass is 9.94. The molecule has 2 N–H and O–H groups in total. The van der Waals surface area contributed by atoms with Crippen LogP contribution in [0.3, 0.4) is 0 Å². The van der Waals surface area contributed by atoms with Gasteiger partial charge in [0.25, 0.3) is 0 Å². The van der Waals surface area contributed by atoms with Crippen molar-refractivity contribution in [1.82, 2.24) is 19.9 Å². The fraction of sp³-hybridized carbons (Fsp3) is 0.368. The van der Waals surface area contributed by atoms with Crippen LogP contribution in [0.4, 0.5) is 0 Å². The van der Waals surface area contributed by atoms with E-state index in [9.17, 15) is 5.11 Å². The van der Waals surface area contributed by atoms with Gasteiger partial charge < -0.3 is 10.1 Å². The Bertz CT molecular complexity index is 839. The number of nitrogens with zero attached hydrogens (tertiary/aromatic N) is 3. The third-order valence-corrected chi connectivity index (χ3v) is 4.83. The maximum Gasteiger partial charge on any atom is 0.120 e. The van der Waals surface area contributed by atoms with Crippen LogP contribution >= 0.6 is 0 Å². The second-order valence-electron chi connectivity index (χ2n) is 6.73. The van der Waals surface area contributed by atoms with Gasteiger partial charge in [-0.1, -0.05) is 18.2 Å². The molecule has 0 spiro atoms. The molecule has 0 saturated carbocycles. The van der Waals surface area contributed by atoms with E-state index in [2.05, 4.69) is 32.0 Å². The topological polar surface area (TPSA) is 65.0 Å². The van der Waals surface area contributed by atoms with E-state index in [1.165, 1.54) is 10.9 Å². The summed E-state index contributed by atoms with van der Waals surface area (Å²) in [5.41, 5.74) is 3.36. The van der Waals surface area contributed by atoms with Crippen LogP contribution in [0.2, 0.25) is 0 Å². The number of fused-ring (bicyclic) bond motifs is 1. The summed E-state index contributed by atoms with van der Waals surface area (Å²) >= 11 is 0. The molecule has 1 aromatic carbocycles. The van der Waals surface area contributed by atoms with Crippen LogP contribution < -0.4 is 0 Å². The molecule has 0 amide bonds. The van der Waals surface area contributed by atoms with E-state index >= 15 is 0 Å². The Labute approximate surface area is 141 Å². The fourth-order valence-corrected chi connectivity index (χ4v) is 3.65. The molecular formula is C19H22N4O. The molecule has 1 saturated heterocycles. The lowest BCUT2D eigenvalue weighted by Crippen LogP contribution is -2.22. The maximum absolute atomic E-state index is 10.5. The van der Waals surface area contributed by atoms with E-state index < -0.39 is 0 Å². The number of β-amino-alcohol motifs (C(OH)–C–C–N with tert-alkyl or cyclic N) is 1. The van der Waals surface area contributed by atoms with Gasteiger partial charge >= 0.3 is 0 Å². The number of aliphatic hydroxyl groups is 1. The molecule has 2 atom stereocenters. The molecule has 1 aliphatic rings. The summed E-state index contributed by atoms with van der Waals surface area (Å²) in [6.07, 6.45) is 4.29. The summed E-state index contributed by atoms with van der Waals surface area (Å²) in [4.78, 5) is 14.3. The summed E-state index contributed by atoms with van der Waals surface area (Å²) in [7, 11) is 0. The number of pyridine rings is 1. The van der Waals surface area contributed by atoms with Crippen molar-refractivity contribution < 1.29 is 5.11 Å². The molecule has 2 aromatic heterocycles. The standard InChI is InChI=1S/C19H22N4O/c1-13-9-21-19(22-13)12-23-10-15(18(24)11-23)8-14-6-7-20-17-5-3-2-4-16(14)17/h2-7,9,15,18,24H,8,10-12H2,1H3,(H,21,22)/t15-,18-/m1/s1. The van der Waals surface area contributed by atoms with E-state index in [1.54, 1.807) is 0 Å². The number of para-hydroxylation sites is 1. The molecule has 3 aromatic rings. The van der Waals surface area contributed by atoms with Crippen LogP contribution in [0, 0.1) is 12.8 Å². The zero-order valence-electron chi connectivity index (χ0n) is 13.8. The predicted octanol–water partition coefficient (Wildman–Crippen LogP) is 2.30. The molecule has 5 heteroatoms. The van der Waals surface area contributed by atoms with Gasteiger partial charge in [0.2, 0.25) is 0 Å².